The number of rotatable bonds is 1. The van der Waals surface area contributed by atoms with Crippen LogP contribution < -0.4 is 10.6 Å². The molecule has 2 N–H and O–H groups in total. The van der Waals surface area contributed by atoms with Crippen molar-refractivity contribution in [2.24, 2.45) is 10.7 Å². The van der Waals surface area contributed by atoms with Gasteiger partial charge in [0.2, 0.25) is 5.96 Å². The highest BCUT2D eigenvalue weighted by Crippen LogP contribution is 2.28. The van der Waals surface area contributed by atoms with Crippen LogP contribution in [0.3, 0.4) is 0 Å². The zero-order valence-electron chi connectivity index (χ0n) is 11.1. The molecule has 0 aliphatic carbocycles. The van der Waals surface area contributed by atoms with E-state index < -0.39 is 0 Å². The molecule has 2 aromatic carbocycles. The Hall–Kier alpha value is -2.00. The molecule has 3 rings (SSSR count). The Morgan fingerprint density at radius 1 is 1.10 bits per heavy atom. The van der Waals surface area contributed by atoms with Crippen molar-refractivity contribution in [3.8, 4) is 0 Å². The molecular weight excluding hydrogens is 270 g/mol. The molecule has 2 aromatic rings. The van der Waals surface area contributed by atoms with Gasteiger partial charge in [0.15, 0.2) is 0 Å². The molecule has 0 saturated carbocycles. The summed E-state index contributed by atoms with van der Waals surface area (Å²) in [6.45, 7) is 0.886. The first-order valence-corrected chi connectivity index (χ1v) is 7.07. The standard InChI is InChI=1S/C16H16ClN3/c17-13-8-2-3-9-14(13)19-16(18)20-11-5-7-12-6-1-4-10-15(12)20/h1-4,6,8-10H,5,7,11H2,(H2,18,19). The molecule has 20 heavy (non-hydrogen) atoms. The molecule has 1 heterocycles. The van der Waals surface area contributed by atoms with Crippen molar-refractivity contribution < 1.29 is 0 Å². The molecule has 0 atom stereocenters. The van der Waals surface area contributed by atoms with E-state index in [4.69, 9.17) is 17.3 Å². The molecule has 0 saturated heterocycles. The molecule has 0 fully saturated rings. The van der Waals surface area contributed by atoms with Gasteiger partial charge in [-0.2, -0.15) is 0 Å². The molecule has 0 aromatic heterocycles. The zero-order valence-corrected chi connectivity index (χ0v) is 11.8. The maximum atomic E-state index is 6.18. The van der Waals surface area contributed by atoms with Gasteiger partial charge in [0, 0.05) is 12.2 Å². The van der Waals surface area contributed by atoms with Crippen LogP contribution in [-0.4, -0.2) is 12.5 Å². The molecule has 1 aliphatic heterocycles. The summed E-state index contributed by atoms with van der Waals surface area (Å²) in [7, 11) is 0. The summed E-state index contributed by atoms with van der Waals surface area (Å²) in [5.41, 5.74) is 9.35. The molecule has 0 bridgehead atoms. The second-order valence-electron chi connectivity index (χ2n) is 4.81. The molecule has 0 unspecified atom stereocenters. The van der Waals surface area contributed by atoms with Gasteiger partial charge in [-0.15, -0.1) is 0 Å². The maximum Gasteiger partial charge on any atom is 0.201 e. The fraction of sp³-hybridized carbons (Fsp3) is 0.188. The minimum absolute atomic E-state index is 0.491. The van der Waals surface area contributed by atoms with Crippen molar-refractivity contribution in [3.05, 3.63) is 59.1 Å². The Balaban J connectivity index is 1.96. The normalized spacial score (nSPS) is 15.1. The quantitative estimate of drug-likeness (QED) is 0.640. The Morgan fingerprint density at radius 2 is 1.85 bits per heavy atom. The van der Waals surface area contributed by atoms with Crippen LogP contribution in [-0.2, 0) is 6.42 Å². The minimum atomic E-state index is 0.491. The van der Waals surface area contributed by atoms with Crippen molar-refractivity contribution >= 4 is 28.9 Å². The van der Waals surface area contributed by atoms with Crippen LogP contribution in [0, 0.1) is 0 Å². The van der Waals surface area contributed by atoms with Crippen molar-refractivity contribution in [1.29, 1.82) is 0 Å². The van der Waals surface area contributed by atoms with Crippen molar-refractivity contribution in [2.45, 2.75) is 12.8 Å². The van der Waals surface area contributed by atoms with Crippen LogP contribution in [0.2, 0.25) is 5.02 Å². The predicted molar refractivity (Wildman–Crippen MR) is 84.8 cm³/mol. The minimum Gasteiger partial charge on any atom is -0.369 e. The van der Waals surface area contributed by atoms with E-state index in [-0.39, 0.29) is 0 Å². The van der Waals surface area contributed by atoms with E-state index in [1.54, 1.807) is 0 Å². The second-order valence-corrected chi connectivity index (χ2v) is 5.21. The van der Waals surface area contributed by atoms with Gasteiger partial charge in [-0.05, 0) is 36.6 Å². The van der Waals surface area contributed by atoms with E-state index in [1.165, 1.54) is 5.56 Å². The largest absolute Gasteiger partial charge is 0.369 e. The number of hydrogen-bond donors (Lipinski definition) is 1. The van der Waals surface area contributed by atoms with Gasteiger partial charge >= 0.3 is 0 Å². The molecule has 4 heteroatoms. The molecule has 0 amide bonds. The fourth-order valence-electron chi connectivity index (χ4n) is 2.50. The van der Waals surface area contributed by atoms with Crippen molar-refractivity contribution in [1.82, 2.24) is 0 Å². The number of nitrogens with two attached hydrogens (primary N) is 1. The van der Waals surface area contributed by atoms with Gasteiger partial charge in [-0.1, -0.05) is 41.9 Å². The average molecular weight is 286 g/mol. The Labute approximate surface area is 123 Å². The summed E-state index contributed by atoms with van der Waals surface area (Å²) in [5.74, 6) is 0.491. The number of guanidine groups is 1. The number of aliphatic imine (C=N–C) groups is 1. The maximum absolute atomic E-state index is 6.18. The van der Waals surface area contributed by atoms with E-state index in [2.05, 4.69) is 28.1 Å². The van der Waals surface area contributed by atoms with E-state index in [0.717, 1.165) is 25.1 Å². The number of fused-ring (bicyclic) bond motifs is 1. The van der Waals surface area contributed by atoms with Crippen LogP contribution in [0.4, 0.5) is 11.4 Å². The first kappa shape index (κ1) is 13.0. The highest BCUT2D eigenvalue weighted by Gasteiger charge is 2.18. The van der Waals surface area contributed by atoms with Gasteiger partial charge < -0.3 is 10.6 Å². The van der Waals surface area contributed by atoms with Crippen molar-refractivity contribution in [3.63, 3.8) is 0 Å². The first-order valence-electron chi connectivity index (χ1n) is 6.70. The topological polar surface area (TPSA) is 41.6 Å². The third-order valence-electron chi connectivity index (χ3n) is 3.47. The van der Waals surface area contributed by atoms with Crippen LogP contribution in [0.25, 0.3) is 0 Å². The number of para-hydroxylation sites is 2. The van der Waals surface area contributed by atoms with Gasteiger partial charge in [-0.3, -0.25) is 0 Å². The van der Waals surface area contributed by atoms with Crippen LogP contribution in [0.15, 0.2) is 53.5 Å². The predicted octanol–water partition coefficient (Wildman–Crippen LogP) is 3.74. The molecule has 102 valence electrons. The summed E-state index contributed by atoms with van der Waals surface area (Å²) < 4.78 is 0. The summed E-state index contributed by atoms with van der Waals surface area (Å²) >= 11 is 6.13. The average Bonchev–Trinajstić information content (AvgIpc) is 2.49. The lowest BCUT2D eigenvalue weighted by Gasteiger charge is -2.30. The van der Waals surface area contributed by atoms with Crippen molar-refractivity contribution in [2.75, 3.05) is 11.4 Å². The molecule has 0 spiro atoms. The number of benzene rings is 2. The van der Waals surface area contributed by atoms with Gasteiger partial charge in [0.1, 0.15) is 0 Å². The van der Waals surface area contributed by atoms with Gasteiger partial charge in [0.25, 0.3) is 0 Å². The highest BCUT2D eigenvalue weighted by atomic mass is 35.5. The summed E-state index contributed by atoms with van der Waals surface area (Å²) in [6, 6.07) is 15.8. The number of anilines is 1. The Kier molecular flexibility index (Phi) is 3.61. The number of hydrogen-bond acceptors (Lipinski definition) is 1. The molecular formula is C16H16ClN3. The van der Waals surface area contributed by atoms with E-state index in [9.17, 15) is 0 Å². The lowest BCUT2D eigenvalue weighted by molar-refractivity contribution is 0.775. The van der Waals surface area contributed by atoms with Crippen LogP contribution in [0.1, 0.15) is 12.0 Å². The smallest absolute Gasteiger partial charge is 0.201 e. The number of aryl methyl sites for hydroxylation is 1. The summed E-state index contributed by atoms with van der Waals surface area (Å²) in [4.78, 5) is 6.53. The monoisotopic (exact) mass is 285 g/mol. The summed E-state index contributed by atoms with van der Waals surface area (Å²) in [6.07, 6.45) is 2.17. The SMILES string of the molecule is NC(=Nc1ccccc1Cl)N1CCCc2ccccc21. The lowest BCUT2D eigenvalue weighted by Crippen LogP contribution is -2.40. The van der Waals surface area contributed by atoms with Crippen LogP contribution >= 0.6 is 11.6 Å². The van der Waals surface area contributed by atoms with Gasteiger partial charge in [0.05, 0.1) is 10.7 Å². The second kappa shape index (κ2) is 5.55. The summed E-state index contributed by atoms with van der Waals surface area (Å²) in [5, 5.41) is 0.612. The fourth-order valence-corrected chi connectivity index (χ4v) is 2.68. The number of halogens is 1. The number of nitrogens with zero attached hydrogens (tertiary/aromatic N) is 2. The highest BCUT2D eigenvalue weighted by molar-refractivity contribution is 6.33. The molecule has 0 radical (unpaired) electrons. The van der Waals surface area contributed by atoms with E-state index in [0.29, 0.717) is 16.7 Å². The molecule has 3 nitrogen and oxygen atoms in total. The lowest BCUT2D eigenvalue weighted by atomic mass is 10.0. The Morgan fingerprint density at radius 3 is 2.70 bits per heavy atom. The first-order chi connectivity index (χ1) is 9.75. The van der Waals surface area contributed by atoms with E-state index >= 15 is 0 Å². The Bertz CT molecular complexity index is 652. The third kappa shape index (κ3) is 2.49. The van der Waals surface area contributed by atoms with Gasteiger partial charge in [-0.25, -0.2) is 4.99 Å². The van der Waals surface area contributed by atoms with E-state index in [1.807, 2.05) is 30.3 Å². The zero-order chi connectivity index (χ0) is 13.9. The van der Waals surface area contributed by atoms with Crippen LogP contribution in [0.5, 0.6) is 0 Å². The molecule has 1 aliphatic rings. The third-order valence-corrected chi connectivity index (χ3v) is 3.79.